The maximum atomic E-state index is 9.87. The van der Waals surface area contributed by atoms with E-state index in [-0.39, 0.29) is 12.1 Å². The number of aliphatic hydroxyl groups excluding tert-OH is 1. The molecule has 1 aromatic heterocycles. The highest BCUT2D eigenvalue weighted by Crippen LogP contribution is 2.33. The molecular formula is C15H19N3O2. The Kier molecular flexibility index (Phi) is 3.54. The van der Waals surface area contributed by atoms with E-state index in [2.05, 4.69) is 28.9 Å². The van der Waals surface area contributed by atoms with Gasteiger partial charge in [-0.25, -0.2) is 0 Å². The van der Waals surface area contributed by atoms with Crippen molar-refractivity contribution in [3.8, 4) is 11.4 Å². The molecule has 1 aromatic carbocycles. The molecule has 2 aromatic rings. The maximum Gasteiger partial charge on any atom is 0.244 e. The van der Waals surface area contributed by atoms with Gasteiger partial charge in [0, 0.05) is 18.2 Å². The Bertz CT molecular complexity index is 568. The lowest BCUT2D eigenvalue weighted by Gasteiger charge is -2.25. The average Bonchev–Trinajstić information content (AvgIpc) is 3.06. The summed E-state index contributed by atoms with van der Waals surface area (Å²) in [5.41, 5.74) is 0.942. The molecule has 0 bridgehead atoms. The van der Waals surface area contributed by atoms with Gasteiger partial charge < -0.3 is 9.63 Å². The van der Waals surface area contributed by atoms with Crippen LogP contribution in [0.1, 0.15) is 32.2 Å². The molecule has 0 aliphatic carbocycles. The van der Waals surface area contributed by atoms with Crippen LogP contribution in [0.3, 0.4) is 0 Å². The average molecular weight is 273 g/mol. The van der Waals surface area contributed by atoms with Crippen LogP contribution in [0.5, 0.6) is 0 Å². The lowest BCUT2D eigenvalue weighted by Crippen LogP contribution is -2.31. The maximum absolute atomic E-state index is 9.87. The Hall–Kier alpha value is -1.72. The van der Waals surface area contributed by atoms with Crippen LogP contribution in [-0.2, 0) is 0 Å². The summed E-state index contributed by atoms with van der Waals surface area (Å²) >= 11 is 0. The van der Waals surface area contributed by atoms with Crippen molar-refractivity contribution in [3.63, 3.8) is 0 Å². The van der Waals surface area contributed by atoms with Crippen molar-refractivity contribution in [3.05, 3.63) is 36.2 Å². The smallest absolute Gasteiger partial charge is 0.244 e. The van der Waals surface area contributed by atoms with Crippen LogP contribution >= 0.6 is 0 Å². The third-order valence-corrected chi connectivity index (χ3v) is 3.74. The van der Waals surface area contributed by atoms with E-state index in [9.17, 15) is 5.11 Å². The largest absolute Gasteiger partial charge is 0.392 e. The number of hydrogen-bond donors (Lipinski definition) is 1. The number of rotatable bonds is 3. The summed E-state index contributed by atoms with van der Waals surface area (Å²) in [6.07, 6.45) is 0.323. The SMILES string of the molecule is CC(C)N1C[C@H](O)C[C@H]1c1nc(-c2ccccc2)no1. The molecule has 5 heteroatoms. The first-order valence-electron chi connectivity index (χ1n) is 6.98. The molecule has 2 atom stereocenters. The molecular weight excluding hydrogens is 254 g/mol. The third-order valence-electron chi connectivity index (χ3n) is 3.74. The van der Waals surface area contributed by atoms with E-state index < -0.39 is 0 Å². The summed E-state index contributed by atoms with van der Waals surface area (Å²) in [6, 6.07) is 10.1. The summed E-state index contributed by atoms with van der Waals surface area (Å²) < 4.78 is 5.42. The van der Waals surface area contributed by atoms with Crippen LogP contribution in [0, 0.1) is 0 Å². The molecule has 106 valence electrons. The number of aromatic nitrogens is 2. The fourth-order valence-electron chi connectivity index (χ4n) is 2.73. The van der Waals surface area contributed by atoms with E-state index in [1.165, 1.54) is 0 Å². The molecule has 3 rings (SSSR count). The monoisotopic (exact) mass is 273 g/mol. The summed E-state index contributed by atoms with van der Waals surface area (Å²) in [7, 11) is 0. The zero-order valence-electron chi connectivity index (χ0n) is 11.7. The quantitative estimate of drug-likeness (QED) is 0.929. The zero-order chi connectivity index (χ0) is 14.1. The van der Waals surface area contributed by atoms with Gasteiger partial charge >= 0.3 is 0 Å². The Morgan fingerprint density at radius 1 is 1.30 bits per heavy atom. The van der Waals surface area contributed by atoms with Gasteiger partial charge in [-0.1, -0.05) is 35.5 Å². The molecule has 1 fully saturated rings. The molecule has 5 nitrogen and oxygen atoms in total. The standard InChI is InChI=1S/C15H19N3O2/c1-10(2)18-9-12(19)8-13(18)15-16-14(17-20-15)11-6-4-3-5-7-11/h3-7,10,12-13,19H,8-9H2,1-2H3/t12-,13+/m1/s1. The predicted octanol–water partition coefficient (Wildman–Crippen LogP) is 2.25. The first kappa shape index (κ1) is 13.3. The summed E-state index contributed by atoms with van der Waals surface area (Å²) in [6.45, 7) is 4.88. The normalized spacial score (nSPS) is 23.6. The van der Waals surface area contributed by atoms with Crippen LogP contribution in [0.2, 0.25) is 0 Å². The van der Waals surface area contributed by atoms with E-state index in [1.807, 2.05) is 30.3 Å². The number of benzene rings is 1. The molecule has 0 saturated carbocycles. The van der Waals surface area contributed by atoms with E-state index in [1.54, 1.807) is 0 Å². The van der Waals surface area contributed by atoms with Gasteiger partial charge in [-0.15, -0.1) is 0 Å². The minimum atomic E-state index is -0.325. The third kappa shape index (κ3) is 2.46. The van der Waals surface area contributed by atoms with Crippen LogP contribution in [0.15, 0.2) is 34.9 Å². The van der Waals surface area contributed by atoms with Crippen molar-refractivity contribution in [2.75, 3.05) is 6.54 Å². The van der Waals surface area contributed by atoms with Crippen molar-refractivity contribution in [1.82, 2.24) is 15.0 Å². The molecule has 1 saturated heterocycles. The molecule has 0 amide bonds. The summed E-state index contributed by atoms with van der Waals surface area (Å²) in [5, 5.41) is 13.9. The molecule has 0 radical (unpaired) electrons. The molecule has 2 heterocycles. The zero-order valence-corrected chi connectivity index (χ0v) is 11.7. The Morgan fingerprint density at radius 3 is 2.75 bits per heavy atom. The van der Waals surface area contributed by atoms with Gasteiger partial charge in [-0.3, -0.25) is 4.90 Å². The number of hydrogen-bond acceptors (Lipinski definition) is 5. The van der Waals surface area contributed by atoms with Gasteiger partial charge in [0.05, 0.1) is 12.1 Å². The fourth-order valence-corrected chi connectivity index (χ4v) is 2.73. The van der Waals surface area contributed by atoms with Gasteiger partial charge in [0.15, 0.2) is 0 Å². The first-order chi connectivity index (χ1) is 9.65. The van der Waals surface area contributed by atoms with Gasteiger partial charge in [-0.05, 0) is 20.3 Å². The van der Waals surface area contributed by atoms with E-state index in [4.69, 9.17) is 4.52 Å². The second-order valence-electron chi connectivity index (χ2n) is 5.52. The molecule has 1 N–H and O–H groups in total. The topological polar surface area (TPSA) is 62.4 Å². The lowest BCUT2D eigenvalue weighted by molar-refractivity contribution is 0.150. The fraction of sp³-hybridized carbons (Fsp3) is 0.467. The molecule has 1 aliphatic rings. The van der Waals surface area contributed by atoms with Crippen molar-refractivity contribution in [2.24, 2.45) is 0 Å². The number of aliphatic hydroxyl groups is 1. The van der Waals surface area contributed by atoms with E-state index >= 15 is 0 Å². The second kappa shape index (κ2) is 5.34. The first-order valence-corrected chi connectivity index (χ1v) is 6.98. The molecule has 1 aliphatic heterocycles. The lowest BCUT2D eigenvalue weighted by atomic mass is 10.2. The van der Waals surface area contributed by atoms with Gasteiger partial charge in [0.25, 0.3) is 0 Å². The van der Waals surface area contributed by atoms with Crippen LogP contribution in [-0.4, -0.2) is 38.8 Å². The Balaban J connectivity index is 1.86. The second-order valence-corrected chi connectivity index (χ2v) is 5.52. The highest BCUT2D eigenvalue weighted by molar-refractivity contribution is 5.53. The number of likely N-dealkylation sites (tertiary alicyclic amines) is 1. The van der Waals surface area contributed by atoms with Gasteiger partial charge in [0.2, 0.25) is 11.7 Å². The molecule has 0 unspecified atom stereocenters. The Labute approximate surface area is 118 Å². The predicted molar refractivity (Wildman–Crippen MR) is 74.9 cm³/mol. The van der Waals surface area contributed by atoms with Crippen molar-refractivity contribution in [1.29, 1.82) is 0 Å². The molecule has 0 spiro atoms. The highest BCUT2D eigenvalue weighted by Gasteiger charge is 2.37. The van der Waals surface area contributed by atoms with E-state index in [0.29, 0.717) is 30.7 Å². The van der Waals surface area contributed by atoms with Crippen LogP contribution in [0.4, 0.5) is 0 Å². The highest BCUT2D eigenvalue weighted by atomic mass is 16.5. The van der Waals surface area contributed by atoms with Gasteiger partial charge in [-0.2, -0.15) is 4.98 Å². The van der Waals surface area contributed by atoms with Crippen LogP contribution in [0.25, 0.3) is 11.4 Å². The van der Waals surface area contributed by atoms with Crippen molar-refractivity contribution >= 4 is 0 Å². The molecule has 20 heavy (non-hydrogen) atoms. The van der Waals surface area contributed by atoms with Crippen LogP contribution < -0.4 is 0 Å². The minimum Gasteiger partial charge on any atom is -0.392 e. The summed E-state index contributed by atoms with van der Waals surface area (Å²) in [4.78, 5) is 6.70. The number of β-amino-alcohol motifs (C(OH)–C–C–N with tert-alkyl or cyclic N) is 1. The van der Waals surface area contributed by atoms with Crippen molar-refractivity contribution in [2.45, 2.75) is 38.5 Å². The summed E-state index contributed by atoms with van der Waals surface area (Å²) in [5.74, 6) is 1.19. The van der Waals surface area contributed by atoms with Gasteiger partial charge in [0.1, 0.15) is 0 Å². The minimum absolute atomic E-state index is 0.00922. The Morgan fingerprint density at radius 2 is 2.05 bits per heavy atom. The number of nitrogens with zero attached hydrogens (tertiary/aromatic N) is 3. The van der Waals surface area contributed by atoms with Crippen molar-refractivity contribution < 1.29 is 9.63 Å². The van der Waals surface area contributed by atoms with E-state index in [0.717, 1.165) is 5.56 Å².